The molecule has 0 amide bonds. The number of rotatable bonds is 3. The van der Waals surface area contributed by atoms with Crippen molar-refractivity contribution in [1.82, 2.24) is 9.97 Å². The number of hydrogen-bond donors (Lipinski definition) is 1. The number of anilines is 2. The molecule has 0 unspecified atom stereocenters. The summed E-state index contributed by atoms with van der Waals surface area (Å²) >= 11 is 0. The van der Waals surface area contributed by atoms with Crippen LogP contribution in [0.5, 0.6) is 0 Å². The molecule has 0 bridgehead atoms. The van der Waals surface area contributed by atoms with Crippen LogP contribution in [0.25, 0.3) is 11.3 Å². The fourth-order valence-corrected chi connectivity index (χ4v) is 1.92. The van der Waals surface area contributed by atoms with Gasteiger partial charge in [-0.15, -0.1) is 6.07 Å². The fourth-order valence-electron chi connectivity index (χ4n) is 1.92. The molecule has 1 heterocycles. The summed E-state index contributed by atoms with van der Waals surface area (Å²) in [5.41, 5.74) is 4.06. The zero-order chi connectivity index (χ0) is 13.8. The second kappa shape index (κ2) is 7.44. The summed E-state index contributed by atoms with van der Waals surface area (Å²) in [6, 6.07) is 21.1. The molecule has 4 heteroatoms. The van der Waals surface area contributed by atoms with E-state index in [-0.39, 0.29) is 32.7 Å². The van der Waals surface area contributed by atoms with E-state index in [1.165, 1.54) is 0 Å². The minimum Gasteiger partial charge on any atom is -0.393 e. The maximum atomic E-state index is 4.31. The molecule has 3 rings (SSSR count). The minimum atomic E-state index is 0. The number of aryl methyl sites for hydroxylation is 1. The van der Waals surface area contributed by atoms with Crippen molar-refractivity contribution >= 4 is 11.5 Å². The number of nitrogens with one attached hydrogen (secondary N) is 1. The van der Waals surface area contributed by atoms with Crippen LogP contribution in [0.2, 0.25) is 0 Å². The number of aromatic nitrogens is 2. The van der Waals surface area contributed by atoms with Crippen molar-refractivity contribution in [3.8, 4) is 11.3 Å². The Morgan fingerprint density at radius 1 is 1.00 bits per heavy atom. The molecule has 101 valence electrons. The summed E-state index contributed by atoms with van der Waals surface area (Å²) in [4.78, 5) is 8.55. The summed E-state index contributed by atoms with van der Waals surface area (Å²) in [5.74, 6) is 0.774. The van der Waals surface area contributed by atoms with E-state index in [0.29, 0.717) is 0 Å². The first kappa shape index (κ1) is 15.8. The van der Waals surface area contributed by atoms with Crippen molar-refractivity contribution in [1.29, 1.82) is 0 Å². The first-order valence-corrected chi connectivity index (χ1v) is 6.44. The first-order chi connectivity index (χ1) is 9.81. The maximum absolute atomic E-state index is 4.31. The third-order valence-corrected chi connectivity index (χ3v) is 2.98. The number of nitrogens with zero attached hydrogens (tertiary/aromatic N) is 2. The molecule has 0 saturated heterocycles. The van der Waals surface area contributed by atoms with Gasteiger partial charge in [0.2, 0.25) is 0 Å². The van der Waals surface area contributed by atoms with E-state index < -0.39 is 0 Å². The van der Waals surface area contributed by atoms with Crippen LogP contribution in [0, 0.1) is 13.0 Å². The van der Waals surface area contributed by atoms with E-state index in [4.69, 9.17) is 0 Å². The topological polar surface area (TPSA) is 37.8 Å². The molecule has 0 aliphatic heterocycles. The van der Waals surface area contributed by atoms with E-state index >= 15 is 0 Å². The van der Waals surface area contributed by atoms with Crippen molar-refractivity contribution in [2.45, 2.75) is 6.92 Å². The van der Waals surface area contributed by atoms with Gasteiger partial charge in [0.25, 0.3) is 0 Å². The first-order valence-electron chi connectivity index (χ1n) is 6.44. The predicted molar refractivity (Wildman–Crippen MR) is 80.8 cm³/mol. The zero-order valence-electron chi connectivity index (χ0n) is 11.7. The molecule has 3 aromatic rings. The smallest absolute Gasteiger partial charge is 0.123 e. The molecule has 0 spiro atoms. The fraction of sp³-hybridized carbons (Fsp3) is 0.0588. The molecule has 1 N–H and O–H groups in total. The van der Waals surface area contributed by atoms with E-state index in [2.05, 4.69) is 21.4 Å². The largest absolute Gasteiger partial charge is 0.393 e. The summed E-state index contributed by atoms with van der Waals surface area (Å²) in [6.07, 6.45) is 1.57. The molecule has 0 fully saturated rings. The van der Waals surface area contributed by atoms with Gasteiger partial charge in [0.15, 0.2) is 0 Å². The van der Waals surface area contributed by atoms with Crippen molar-refractivity contribution in [2.75, 3.05) is 5.32 Å². The molecular formula is C17H14N3Y-. The molecule has 1 aromatic heterocycles. The number of hydrogen-bond acceptors (Lipinski definition) is 3. The van der Waals surface area contributed by atoms with Gasteiger partial charge < -0.3 is 5.32 Å². The minimum absolute atomic E-state index is 0. The Hall–Kier alpha value is -1.58. The van der Waals surface area contributed by atoms with E-state index in [9.17, 15) is 0 Å². The van der Waals surface area contributed by atoms with Crippen molar-refractivity contribution < 1.29 is 32.7 Å². The Labute approximate surface area is 149 Å². The van der Waals surface area contributed by atoms with Crippen LogP contribution in [-0.2, 0) is 32.7 Å². The molecular weight excluding hydrogens is 335 g/mol. The predicted octanol–water partition coefficient (Wildman–Crippen LogP) is 3.99. The van der Waals surface area contributed by atoms with Crippen LogP contribution < -0.4 is 5.32 Å². The van der Waals surface area contributed by atoms with Gasteiger partial charge in [0, 0.05) is 44.3 Å². The van der Waals surface area contributed by atoms with Gasteiger partial charge in [-0.1, -0.05) is 42.9 Å². The Balaban J connectivity index is 0.00000161. The van der Waals surface area contributed by atoms with Crippen LogP contribution in [0.15, 0.2) is 60.9 Å². The molecule has 0 atom stereocenters. The molecule has 3 nitrogen and oxygen atoms in total. The van der Waals surface area contributed by atoms with Gasteiger partial charge in [-0.05, 0) is 0 Å². The van der Waals surface area contributed by atoms with E-state index in [1.54, 1.807) is 6.33 Å². The molecule has 0 saturated carbocycles. The van der Waals surface area contributed by atoms with Crippen LogP contribution in [-0.4, -0.2) is 9.97 Å². The Morgan fingerprint density at radius 3 is 2.52 bits per heavy atom. The third-order valence-electron chi connectivity index (χ3n) is 2.98. The molecule has 1 radical (unpaired) electrons. The Kier molecular flexibility index (Phi) is 5.60. The summed E-state index contributed by atoms with van der Waals surface area (Å²) < 4.78 is 0. The molecule has 21 heavy (non-hydrogen) atoms. The Morgan fingerprint density at radius 2 is 1.81 bits per heavy atom. The van der Waals surface area contributed by atoms with Crippen LogP contribution in [0.4, 0.5) is 11.5 Å². The van der Waals surface area contributed by atoms with Gasteiger partial charge in [0.05, 0.1) is 5.69 Å². The third kappa shape index (κ3) is 4.19. The molecule has 0 aliphatic carbocycles. The van der Waals surface area contributed by atoms with Crippen LogP contribution in [0.3, 0.4) is 0 Å². The summed E-state index contributed by atoms with van der Waals surface area (Å²) in [5, 5.41) is 3.26. The van der Waals surface area contributed by atoms with Crippen molar-refractivity contribution in [3.05, 3.63) is 72.6 Å². The quantitative estimate of drug-likeness (QED) is 0.727. The zero-order valence-corrected chi connectivity index (χ0v) is 14.6. The van der Waals surface area contributed by atoms with Crippen LogP contribution in [0.1, 0.15) is 5.56 Å². The summed E-state index contributed by atoms with van der Waals surface area (Å²) in [7, 11) is 0. The van der Waals surface area contributed by atoms with Gasteiger partial charge in [-0.25, -0.2) is 9.97 Å². The van der Waals surface area contributed by atoms with Crippen molar-refractivity contribution in [3.63, 3.8) is 0 Å². The average molecular weight is 349 g/mol. The number of benzene rings is 2. The SMILES string of the molecule is Cc1[c-]cc(Nc2cc(-c3ccccc3)ncn2)cc1.[Y]. The Bertz CT molecular complexity index is 697. The van der Waals surface area contributed by atoms with Gasteiger partial charge >= 0.3 is 0 Å². The van der Waals surface area contributed by atoms with Crippen molar-refractivity contribution in [2.24, 2.45) is 0 Å². The average Bonchev–Trinajstić information content (AvgIpc) is 2.51. The van der Waals surface area contributed by atoms with Gasteiger partial charge in [-0.2, -0.15) is 23.8 Å². The molecule has 2 aromatic carbocycles. The standard InChI is InChI=1S/C17H14N3.Y/c1-13-7-9-15(10-8-13)20-17-11-16(18-12-19-17)14-5-3-2-4-6-14;/h2-7,9-12H,1H3,(H,18,19,20);/q-1;. The van der Waals surface area contributed by atoms with E-state index in [0.717, 1.165) is 28.3 Å². The van der Waals surface area contributed by atoms with E-state index in [1.807, 2.05) is 61.5 Å². The van der Waals surface area contributed by atoms with Gasteiger partial charge in [-0.3, -0.25) is 0 Å². The monoisotopic (exact) mass is 349 g/mol. The summed E-state index contributed by atoms with van der Waals surface area (Å²) in [6.45, 7) is 2.02. The normalized spacial score (nSPS) is 9.76. The van der Waals surface area contributed by atoms with Gasteiger partial charge in [0.1, 0.15) is 12.1 Å². The second-order valence-electron chi connectivity index (χ2n) is 4.54. The van der Waals surface area contributed by atoms with Crippen LogP contribution >= 0.6 is 0 Å². The molecule has 0 aliphatic rings. The second-order valence-corrected chi connectivity index (χ2v) is 4.54. The maximum Gasteiger partial charge on any atom is 0.123 e.